The summed E-state index contributed by atoms with van der Waals surface area (Å²) in [5.41, 5.74) is 3.72. The lowest BCUT2D eigenvalue weighted by Crippen LogP contribution is -2.49. The average Bonchev–Trinajstić information content (AvgIpc) is 3.09. The summed E-state index contributed by atoms with van der Waals surface area (Å²) in [6.45, 7) is 4.23. The minimum atomic E-state index is -0.880. The molecular weight excluding hydrogens is 566 g/mol. The van der Waals surface area contributed by atoms with Gasteiger partial charge in [-0.3, -0.25) is 9.59 Å². The van der Waals surface area contributed by atoms with Gasteiger partial charge >= 0.3 is 0 Å². The molecule has 4 atom stereocenters. The van der Waals surface area contributed by atoms with Crippen molar-refractivity contribution >= 4 is 11.8 Å². The second kappa shape index (κ2) is 15.9. The maximum absolute atomic E-state index is 13.5. The predicted molar refractivity (Wildman–Crippen MR) is 177 cm³/mol. The molecule has 0 aliphatic heterocycles. The topological polar surface area (TPSA) is 100 Å². The van der Waals surface area contributed by atoms with E-state index < -0.39 is 12.1 Å². The van der Waals surface area contributed by atoms with Crippen molar-refractivity contribution in [3.05, 3.63) is 131 Å². The Morgan fingerprint density at radius 1 is 0.778 bits per heavy atom. The standard InChI is InChI=1S/C37H43N3O5/c1-25(28-17-19-32(44-4)20-18-28)38-24-35(41)34(21-27-11-7-6-8-12-27)39-36(42)30-14-9-15-31(22-30)37(43)40(3)26(2)29-13-10-16-33(23-29)45-5/h6-20,22-23,25-26,34-35,38,41H,21,24H2,1-5H3,(H,39,42)/t25-,26?,34+,35-/m1/s1. The largest absolute Gasteiger partial charge is 0.497 e. The van der Waals surface area contributed by atoms with Crippen molar-refractivity contribution in [2.24, 2.45) is 0 Å². The highest BCUT2D eigenvalue weighted by Gasteiger charge is 2.25. The average molecular weight is 610 g/mol. The van der Waals surface area contributed by atoms with Gasteiger partial charge in [-0.2, -0.15) is 0 Å². The first-order chi connectivity index (χ1) is 21.7. The molecular formula is C37H43N3O5. The van der Waals surface area contributed by atoms with Gasteiger partial charge in [-0.05, 0) is 79.4 Å². The fourth-order valence-corrected chi connectivity index (χ4v) is 5.15. The zero-order valence-corrected chi connectivity index (χ0v) is 26.6. The molecule has 8 nitrogen and oxygen atoms in total. The third-order valence-corrected chi connectivity index (χ3v) is 8.18. The van der Waals surface area contributed by atoms with Gasteiger partial charge in [0.15, 0.2) is 0 Å². The highest BCUT2D eigenvalue weighted by molar-refractivity contribution is 5.99. The summed E-state index contributed by atoms with van der Waals surface area (Å²) in [6, 6.07) is 31.0. The molecule has 0 aliphatic rings. The van der Waals surface area contributed by atoms with Gasteiger partial charge in [0.2, 0.25) is 0 Å². The van der Waals surface area contributed by atoms with E-state index in [0.717, 1.165) is 28.2 Å². The Morgan fingerprint density at radius 2 is 1.44 bits per heavy atom. The first kappa shape index (κ1) is 33.2. The molecule has 0 saturated carbocycles. The van der Waals surface area contributed by atoms with Crippen LogP contribution < -0.4 is 20.1 Å². The van der Waals surface area contributed by atoms with Gasteiger partial charge in [-0.1, -0.05) is 60.7 Å². The summed E-state index contributed by atoms with van der Waals surface area (Å²) in [4.78, 5) is 28.7. The zero-order valence-electron chi connectivity index (χ0n) is 26.6. The number of benzene rings is 4. The fourth-order valence-electron chi connectivity index (χ4n) is 5.15. The fraction of sp³-hybridized carbons (Fsp3) is 0.297. The molecule has 0 fully saturated rings. The van der Waals surface area contributed by atoms with E-state index in [2.05, 4.69) is 10.6 Å². The number of hydrogen-bond donors (Lipinski definition) is 3. The van der Waals surface area contributed by atoms with E-state index in [1.54, 1.807) is 50.4 Å². The van der Waals surface area contributed by atoms with Crippen LogP contribution >= 0.6 is 0 Å². The highest BCUT2D eigenvalue weighted by atomic mass is 16.5. The van der Waals surface area contributed by atoms with Crippen LogP contribution in [0.15, 0.2) is 103 Å². The van der Waals surface area contributed by atoms with Gasteiger partial charge in [0.1, 0.15) is 11.5 Å². The second-order valence-corrected chi connectivity index (χ2v) is 11.2. The quantitative estimate of drug-likeness (QED) is 0.172. The molecule has 0 aromatic heterocycles. The SMILES string of the molecule is COc1ccc([C@@H](C)NC[C@@H](O)[C@H](Cc2ccccc2)NC(=O)c2cccc(C(=O)N(C)C(C)c3cccc(OC)c3)c2)cc1. The van der Waals surface area contributed by atoms with Gasteiger partial charge in [-0.25, -0.2) is 0 Å². The number of nitrogens with zero attached hydrogens (tertiary/aromatic N) is 1. The molecule has 0 spiro atoms. The summed E-state index contributed by atoms with van der Waals surface area (Å²) in [5.74, 6) is 0.922. The van der Waals surface area contributed by atoms with Crippen molar-refractivity contribution in [1.29, 1.82) is 0 Å². The maximum Gasteiger partial charge on any atom is 0.254 e. The van der Waals surface area contributed by atoms with Crippen LogP contribution in [0, 0.1) is 0 Å². The number of nitrogens with one attached hydrogen (secondary N) is 2. The van der Waals surface area contributed by atoms with Crippen LogP contribution in [0.1, 0.15) is 63.3 Å². The number of aliphatic hydroxyl groups excluding tert-OH is 1. The first-order valence-corrected chi connectivity index (χ1v) is 15.1. The van der Waals surface area contributed by atoms with Gasteiger partial charge in [0.25, 0.3) is 11.8 Å². The highest BCUT2D eigenvalue weighted by Crippen LogP contribution is 2.25. The van der Waals surface area contributed by atoms with Crippen LogP contribution in [-0.4, -0.2) is 61.8 Å². The Bertz CT molecular complexity index is 1540. The molecule has 1 unspecified atom stereocenters. The van der Waals surface area contributed by atoms with Gasteiger partial charge in [-0.15, -0.1) is 0 Å². The van der Waals surface area contributed by atoms with E-state index >= 15 is 0 Å². The molecule has 2 amide bonds. The molecule has 0 radical (unpaired) electrons. The van der Waals surface area contributed by atoms with E-state index in [1.165, 1.54) is 0 Å². The van der Waals surface area contributed by atoms with Crippen LogP contribution in [0.2, 0.25) is 0 Å². The van der Waals surface area contributed by atoms with Gasteiger partial charge < -0.3 is 30.1 Å². The molecule has 0 bridgehead atoms. The molecule has 4 rings (SSSR count). The van der Waals surface area contributed by atoms with Crippen LogP contribution in [0.3, 0.4) is 0 Å². The summed E-state index contributed by atoms with van der Waals surface area (Å²) >= 11 is 0. The maximum atomic E-state index is 13.5. The Labute approximate surface area is 266 Å². The normalized spacial score (nSPS) is 13.6. The number of aliphatic hydroxyl groups is 1. The lowest BCUT2D eigenvalue weighted by atomic mass is 9.99. The number of methoxy groups -OCH3 is 2. The number of amides is 2. The van der Waals surface area contributed by atoms with E-state index in [4.69, 9.17) is 9.47 Å². The summed E-state index contributed by atoms with van der Waals surface area (Å²) in [5, 5.41) is 17.7. The molecule has 3 N–H and O–H groups in total. The number of hydrogen-bond acceptors (Lipinski definition) is 6. The van der Waals surface area contributed by atoms with Crippen LogP contribution in [-0.2, 0) is 6.42 Å². The van der Waals surface area contributed by atoms with E-state index in [0.29, 0.717) is 17.5 Å². The molecule has 0 saturated heterocycles. The summed E-state index contributed by atoms with van der Waals surface area (Å²) < 4.78 is 10.6. The molecule has 0 heterocycles. The number of ether oxygens (including phenoxy) is 2. The molecule has 236 valence electrons. The molecule has 45 heavy (non-hydrogen) atoms. The molecule has 0 aliphatic carbocycles. The molecule has 4 aromatic carbocycles. The smallest absolute Gasteiger partial charge is 0.254 e. The Morgan fingerprint density at radius 3 is 2.13 bits per heavy atom. The molecule has 4 aromatic rings. The summed E-state index contributed by atoms with van der Waals surface area (Å²) in [6.07, 6.45) is -0.444. The Hall–Kier alpha value is -4.66. The van der Waals surface area contributed by atoms with Crippen molar-refractivity contribution in [2.75, 3.05) is 27.8 Å². The van der Waals surface area contributed by atoms with E-state index in [9.17, 15) is 14.7 Å². The van der Waals surface area contributed by atoms with Crippen molar-refractivity contribution < 1.29 is 24.2 Å². The van der Waals surface area contributed by atoms with Crippen molar-refractivity contribution in [2.45, 2.75) is 44.5 Å². The van der Waals surface area contributed by atoms with Crippen molar-refractivity contribution in [3.8, 4) is 11.5 Å². The molecule has 8 heteroatoms. The monoisotopic (exact) mass is 609 g/mol. The second-order valence-electron chi connectivity index (χ2n) is 11.2. The van der Waals surface area contributed by atoms with Crippen LogP contribution in [0.25, 0.3) is 0 Å². The number of rotatable bonds is 14. The number of carbonyl (C=O) groups is 2. The Balaban J connectivity index is 1.46. The third-order valence-electron chi connectivity index (χ3n) is 8.18. The van der Waals surface area contributed by atoms with Gasteiger partial charge in [0.05, 0.1) is 32.4 Å². The third kappa shape index (κ3) is 8.94. The lowest BCUT2D eigenvalue weighted by molar-refractivity contribution is 0.0742. The lowest BCUT2D eigenvalue weighted by Gasteiger charge is -2.27. The van der Waals surface area contributed by atoms with Crippen molar-refractivity contribution in [3.63, 3.8) is 0 Å². The minimum absolute atomic E-state index is 0.0299. The van der Waals surface area contributed by atoms with Crippen molar-refractivity contribution in [1.82, 2.24) is 15.5 Å². The van der Waals surface area contributed by atoms with E-state index in [-0.39, 0.29) is 30.4 Å². The minimum Gasteiger partial charge on any atom is -0.497 e. The zero-order chi connectivity index (χ0) is 32.3. The van der Waals surface area contributed by atoms with Gasteiger partial charge in [0, 0.05) is 30.8 Å². The Kier molecular flexibility index (Phi) is 11.7. The summed E-state index contributed by atoms with van der Waals surface area (Å²) in [7, 11) is 4.98. The van der Waals surface area contributed by atoms with E-state index in [1.807, 2.05) is 92.7 Å². The van der Waals surface area contributed by atoms with Crippen LogP contribution in [0.4, 0.5) is 0 Å². The first-order valence-electron chi connectivity index (χ1n) is 15.1. The predicted octanol–water partition coefficient (Wildman–Crippen LogP) is 5.59. The number of carbonyl (C=O) groups excluding carboxylic acids is 2. The van der Waals surface area contributed by atoms with Crippen LogP contribution in [0.5, 0.6) is 11.5 Å².